The minimum atomic E-state index is -0.177. The number of carbonyl (C=O) groups is 2. The van der Waals surface area contributed by atoms with Crippen molar-refractivity contribution in [3.05, 3.63) is 50.1 Å². The van der Waals surface area contributed by atoms with Crippen LogP contribution in [0.1, 0.15) is 22.5 Å². The second kappa shape index (κ2) is 7.02. The largest absolute Gasteiger partial charge is 0.326 e. The van der Waals surface area contributed by atoms with Gasteiger partial charge in [0, 0.05) is 23.0 Å². The van der Waals surface area contributed by atoms with Gasteiger partial charge in [0.25, 0.3) is 0 Å². The zero-order valence-corrected chi connectivity index (χ0v) is 13.5. The predicted octanol–water partition coefficient (Wildman–Crippen LogP) is 4.77. The summed E-state index contributed by atoms with van der Waals surface area (Å²) in [5, 5.41) is 2.75. The van der Waals surface area contributed by atoms with Gasteiger partial charge in [-0.1, -0.05) is 27.5 Å². The fourth-order valence-electron chi connectivity index (χ4n) is 1.57. The van der Waals surface area contributed by atoms with E-state index in [1.54, 1.807) is 24.3 Å². The molecule has 1 heterocycles. The number of ketones is 1. The van der Waals surface area contributed by atoms with Crippen molar-refractivity contribution in [2.75, 3.05) is 5.32 Å². The molecule has 0 fully saturated rings. The molecule has 0 unspecified atom stereocenters. The lowest BCUT2D eigenvalue weighted by atomic mass is 10.2. The molecule has 3 nitrogen and oxygen atoms in total. The van der Waals surface area contributed by atoms with Crippen molar-refractivity contribution in [2.24, 2.45) is 0 Å². The summed E-state index contributed by atoms with van der Waals surface area (Å²) < 4.78 is 1.52. The molecular formula is C14H11BrClNO2S. The van der Waals surface area contributed by atoms with Crippen LogP contribution in [0, 0.1) is 0 Å². The third-order valence-corrected chi connectivity index (χ3v) is 4.36. The van der Waals surface area contributed by atoms with E-state index in [4.69, 9.17) is 11.6 Å². The van der Waals surface area contributed by atoms with Gasteiger partial charge in [0.05, 0.1) is 9.21 Å². The Morgan fingerprint density at radius 1 is 1.10 bits per heavy atom. The van der Waals surface area contributed by atoms with Gasteiger partial charge >= 0.3 is 0 Å². The Labute approximate surface area is 134 Å². The summed E-state index contributed by atoms with van der Waals surface area (Å²) in [5.74, 6) is -0.240. The van der Waals surface area contributed by atoms with E-state index in [0.717, 1.165) is 4.47 Å². The number of anilines is 1. The Kier molecular flexibility index (Phi) is 5.34. The molecule has 0 saturated carbocycles. The molecule has 0 saturated heterocycles. The van der Waals surface area contributed by atoms with Gasteiger partial charge in [-0.3, -0.25) is 9.59 Å². The van der Waals surface area contributed by atoms with E-state index < -0.39 is 0 Å². The first-order chi connectivity index (χ1) is 9.54. The molecule has 0 bridgehead atoms. The van der Waals surface area contributed by atoms with Gasteiger partial charge in [-0.25, -0.2) is 0 Å². The van der Waals surface area contributed by atoms with Gasteiger partial charge in [0.2, 0.25) is 5.91 Å². The molecule has 1 amide bonds. The van der Waals surface area contributed by atoms with E-state index in [1.165, 1.54) is 11.3 Å². The maximum Gasteiger partial charge on any atom is 0.224 e. The van der Waals surface area contributed by atoms with E-state index in [2.05, 4.69) is 21.2 Å². The van der Waals surface area contributed by atoms with Gasteiger partial charge in [-0.2, -0.15) is 0 Å². The normalized spacial score (nSPS) is 10.3. The molecular weight excluding hydrogens is 362 g/mol. The number of Topliss-reactive ketones (excluding diaryl/α,β-unsaturated/α-hetero) is 1. The molecule has 0 aliphatic rings. The zero-order chi connectivity index (χ0) is 14.5. The Balaban J connectivity index is 1.83. The van der Waals surface area contributed by atoms with Crippen molar-refractivity contribution >= 4 is 56.2 Å². The monoisotopic (exact) mass is 371 g/mol. The van der Waals surface area contributed by atoms with E-state index in [9.17, 15) is 9.59 Å². The van der Waals surface area contributed by atoms with Crippen molar-refractivity contribution in [3.8, 4) is 0 Å². The highest BCUT2D eigenvalue weighted by molar-refractivity contribution is 9.10. The lowest BCUT2D eigenvalue weighted by molar-refractivity contribution is -0.116. The number of carbonyl (C=O) groups excluding carboxylic acids is 2. The molecule has 1 aromatic heterocycles. The van der Waals surface area contributed by atoms with Crippen LogP contribution in [0.3, 0.4) is 0 Å². The fraction of sp³-hybridized carbons (Fsp3) is 0.143. The molecule has 2 rings (SSSR count). The number of thiophene rings is 1. The van der Waals surface area contributed by atoms with Crippen LogP contribution in [0.5, 0.6) is 0 Å². The molecule has 0 radical (unpaired) electrons. The fourth-order valence-corrected chi connectivity index (χ4v) is 2.85. The number of amides is 1. The highest BCUT2D eigenvalue weighted by Gasteiger charge is 2.11. The first kappa shape index (κ1) is 15.2. The second-order valence-corrected chi connectivity index (χ2v) is 6.71. The summed E-state index contributed by atoms with van der Waals surface area (Å²) in [4.78, 5) is 24.2. The number of halogens is 2. The summed E-state index contributed by atoms with van der Waals surface area (Å²) in [5.41, 5.74) is 0.713. The van der Waals surface area contributed by atoms with Crippen LogP contribution < -0.4 is 5.32 Å². The lowest BCUT2D eigenvalue weighted by Gasteiger charge is -2.04. The summed E-state index contributed by atoms with van der Waals surface area (Å²) in [6.45, 7) is 0. The summed E-state index contributed by atoms with van der Waals surface area (Å²) in [6.07, 6.45) is 0.337. The smallest absolute Gasteiger partial charge is 0.224 e. The van der Waals surface area contributed by atoms with Crippen LogP contribution in [-0.4, -0.2) is 11.7 Å². The van der Waals surface area contributed by atoms with E-state index in [1.807, 2.05) is 12.1 Å². The predicted molar refractivity (Wildman–Crippen MR) is 85.7 cm³/mol. The van der Waals surface area contributed by atoms with Crippen molar-refractivity contribution in [1.82, 2.24) is 0 Å². The van der Waals surface area contributed by atoms with Gasteiger partial charge in [0.1, 0.15) is 0 Å². The van der Waals surface area contributed by atoms with Crippen LogP contribution in [0.15, 0.2) is 40.9 Å². The summed E-state index contributed by atoms with van der Waals surface area (Å²) >= 11 is 10.3. The number of hydrogen-bond donors (Lipinski definition) is 1. The van der Waals surface area contributed by atoms with Crippen LogP contribution in [0.2, 0.25) is 4.34 Å². The maximum atomic E-state index is 11.8. The third-order valence-electron chi connectivity index (χ3n) is 2.56. The average Bonchev–Trinajstić information content (AvgIpc) is 2.85. The van der Waals surface area contributed by atoms with E-state index >= 15 is 0 Å². The quantitative estimate of drug-likeness (QED) is 0.769. The topological polar surface area (TPSA) is 46.2 Å². The van der Waals surface area contributed by atoms with Crippen molar-refractivity contribution in [1.29, 1.82) is 0 Å². The molecule has 1 aromatic carbocycles. The minimum absolute atomic E-state index is 0.0622. The molecule has 2 aromatic rings. The number of nitrogens with one attached hydrogen (secondary N) is 1. The van der Waals surface area contributed by atoms with Crippen LogP contribution in [0.4, 0.5) is 5.69 Å². The second-order valence-electron chi connectivity index (χ2n) is 4.08. The molecule has 1 N–H and O–H groups in total. The average molecular weight is 373 g/mol. The molecule has 0 aliphatic heterocycles. The van der Waals surface area contributed by atoms with Crippen molar-refractivity contribution < 1.29 is 9.59 Å². The lowest BCUT2D eigenvalue weighted by Crippen LogP contribution is -2.13. The Morgan fingerprint density at radius 3 is 2.40 bits per heavy atom. The first-order valence-corrected chi connectivity index (χ1v) is 7.87. The van der Waals surface area contributed by atoms with Gasteiger partial charge in [-0.05, 0) is 36.4 Å². The Morgan fingerprint density at radius 2 is 1.80 bits per heavy atom. The van der Waals surface area contributed by atoms with Gasteiger partial charge in [-0.15, -0.1) is 11.3 Å². The highest BCUT2D eigenvalue weighted by atomic mass is 79.9. The molecule has 0 spiro atoms. The zero-order valence-electron chi connectivity index (χ0n) is 10.4. The molecule has 6 heteroatoms. The number of rotatable bonds is 5. The van der Waals surface area contributed by atoms with E-state index in [-0.39, 0.29) is 24.5 Å². The SMILES string of the molecule is O=C(CCC(=O)c1ccc(Cl)s1)Nc1ccc(Br)cc1. The summed E-state index contributed by atoms with van der Waals surface area (Å²) in [6, 6.07) is 10.6. The molecule has 20 heavy (non-hydrogen) atoms. The van der Waals surface area contributed by atoms with Gasteiger partial charge in [0.15, 0.2) is 5.78 Å². The van der Waals surface area contributed by atoms with Crippen molar-refractivity contribution in [3.63, 3.8) is 0 Å². The Bertz CT molecular complexity index is 624. The van der Waals surface area contributed by atoms with Gasteiger partial charge < -0.3 is 5.32 Å². The minimum Gasteiger partial charge on any atom is -0.326 e. The van der Waals surface area contributed by atoms with Crippen LogP contribution >= 0.6 is 38.9 Å². The highest BCUT2D eigenvalue weighted by Crippen LogP contribution is 2.23. The number of hydrogen-bond acceptors (Lipinski definition) is 3. The standard InChI is InChI=1S/C14H11BrClNO2S/c15-9-1-3-10(4-2-9)17-14(19)8-5-11(18)12-6-7-13(16)20-12/h1-4,6-7H,5,8H2,(H,17,19). The number of benzene rings is 1. The Hall–Kier alpha value is -1.17. The third kappa shape index (κ3) is 4.44. The maximum absolute atomic E-state index is 11.8. The van der Waals surface area contributed by atoms with Crippen LogP contribution in [0.25, 0.3) is 0 Å². The summed E-state index contributed by atoms with van der Waals surface area (Å²) in [7, 11) is 0. The molecule has 104 valence electrons. The molecule has 0 atom stereocenters. The van der Waals surface area contributed by atoms with Crippen molar-refractivity contribution in [2.45, 2.75) is 12.8 Å². The van der Waals surface area contributed by atoms with Crippen LogP contribution in [-0.2, 0) is 4.79 Å². The van der Waals surface area contributed by atoms with E-state index in [0.29, 0.717) is 14.9 Å². The first-order valence-electron chi connectivity index (χ1n) is 5.88. The molecule has 0 aliphatic carbocycles.